The molecule has 1 aromatic heterocycles. The zero-order chi connectivity index (χ0) is 15.9. The van der Waals surface area contributed by atoms with E-state index in [2.05, 4.69) is 25.4 Å². The Kier molecular flexibility index (Phi) is 5.74. The third-order valence-corrected chi connectivity index (χ3v) is 3.84. The molecule has 0 unspecified atom stereocenters. The maximum absolute atomic E-state index is 11.8. The Labute approximate surface area is 130 Å². The van der Waals surface area contributed by atoms with Crippen molar-refractivity contribution in [3.05, 3.63) is 12.2 Å². The molecule has 8 heteroatoms. The summed E-state index contributed by atoms with van der Waals surface area (Å²) in [6, 6.07) is 0. The topological polar surface area (TPSA) is 84.6 Å². The van der Waals surface area contributed by atoms with Crippen LogP contribution in [0.5, 0.6) is 0 Å². The molecule has 1 N–H and O–H groups in total. The van der Waals surface area contributed by atoms with Gasteiger partial charge in [0, 0.05) is 27.2 Å². The first-order chi connectivity index (χ1) is 10.7. The lowest BCUT2D eigenvalue weighted by Gasteiger charge is -2.33. The number of nitrogens with zero attached hydrogens (tertiary/aromatic N) is 5. The van der Waals surface area contributed by atoms with Crippen molar-refractivity contribution in [1.29, 1.82) is 0 Å². The molecule has 1 aliphatic heterocycles. The van der Waals surface area contributed by atoms with Gasteiger partial charge in [0.05, 0.1) is 19.1 Å². The number of ether oxygens (including phenoxy) is 1. The van der Waals surface area contributed by atoms with Crippen LogP contribution in [0.1, 0.15) is 25.6 Å². The van der Waals surface area contributed by atoms with Crippen LogP contribution >= 0.6 is 0 Å². The summed E-state index contributed by atoms with van der Waals surface area (Å²) in [6.45, 7) is 4.44. The first-order valence-corrected chi connectivity index (χ1v) is 7.60. The fourth-order valence-electron chi connectivity index (χ4n) is 2.54. The number of hydrogen-bond donors (Lipinski definition) is 1. The molecule has 0 saturated carbocycles. The Morgan fingerprint density at radius 3 is 2.77 bits per heavy atom. The molecule has 0 bridgehead atoms. The average Bonchev–Trinajstić information content (AvgIpc) is 2.94. The van der Waals surface area contributed by atoms with Crippen LogP contribution in [-0.4, -0.2) is 58.3 Å². The quantitative estimate of drug-likeness (QED) is 0.485. The van der Waals surface area contributed by atoms with Gasteiger partial charge in [0.15, 0.2) is 11.8 Å². The van der Waals surface area contributed by atoms with Gasteiger partial charge in [-0.05, 0) is 19.8 Å². The molecule has 1 fully saturated rings. The Morgan fingerprint density at radius 1 is 1.50 bits per heavy atom. The number of rotatable bonds is 4. The number of hydrogen-bond acceptors (Lipinski definition) is 5. The molecule has 1 aliphatic rings. The minimum absolute atomic E-state index is 0.00745. The van der Waals surface area contributed by atoms with Crippen molar-refractivity contribution < 1.29 is 9.53 Å². The molecule has 1 saturated heterocycles. The van der Waals surface area contributed by atoms with E-state index in [1.807, 2.05) is 18.5 Å². The third-order valence-electron chi connectivity index (χ3n) is 3.84. The summed E-state index contributed by atoms with van der Waals surface area (Å²) in [5.74, 6) is 1.60. The number of carbonyl (C=O) groups is 1. The van der Waals surface area contributed by atoms with Crippen LogP contribution in [0.15, 0.2) is 11.3 Å². The summed E-state index contributed by atoms with van der Waals surface area (Å²) in [5, 5.41) is 11.2. The first kappa shape index (κ1) is 16.3. The number of aromatic nitrogens is 3. The van der Waals surface area contributed by atoms with E-state index in [1.54, 1.807) is 13.4 Å². The minimum Gasteiger partial charge on any atom is -0.466 e. The van der Waals surface area contributed by atoms with Gasteiger partial charge in [-0.1, -0.05) is 0 Å². The molecule has 122 valence electrons. The van der Waals surface area contributed by atoms with Crippen molar-refractivity contribution in [2.45, 2.75) is 26.3 Å². The van der Waals surface area contributed by atoms with Crippen molar-refractivity contribution in [2.24, 2.45) is 18.0 Å². The molecule has 2 heterocycles. The van der Waals surface area contributed by atoms with Gasteiger partial charge in [0.1, 0.15) is 6.33 Å². The number of nitrogens with one attached hydrogen (secondary N) is 1. The smallest absolute Gasteiger partial charge is 0.309 e. The van der Waals surface area contributed by atoms with Gasteiger partial charge in [0.2, 0.25) is 0 Å². The number of aryl methyl sites for hydroxylation is 1. The van der Waals surface area contributed by atoms with Gasteiger partial charge in [-0.15, -0.1) is 10.2 Å². The minimum atomic E-state index is -0.0795. The monoisotopic (exact) mass is 308 g/mol. The van der Waals surface area contributed by atoms with Crippen molar-refractivity contribution in [1.82, 2.24) is 25.0 Å². The molecular weight excluding hydrogens is 284 g/mol. The van der Waals surface area contributed by atoms with Gasteiger partial charge < -0.3 is 19.5 Å². The molecule has 0 aromatic carbocycles. The maximum Gasteiger partial charge on any atom is 0.309 e. The van der Waals surface area contributed by atoms with Crippen molar-refractivity contribution in [2.75, 3.05) is 26.7 Å². The highest BCUT2D eigenvalue weighted by Crippen LogP contribution is 2.18. The summed E-state index contributed by atoms with van der Waals surface area (Å²) < 4.78 is 6.96. The lowest BCUT2D eigenvalue weighted by molar-refractivity contribution is -0.149. The van der Waals surface area contributed by atoms with E-state index >= 15 is 0 Å². The molecule has 8 nitrogen and oxygen atoms in total. The Morgan fingerprint density at radius 2 is 2.23 bits per heavy atom. The van der Waals surface area contributed by atoms with Gasteiger partial charge in [0.25, 0.3) is 0 Å². The number of carbonyl (C=O) groups excluding carboxylic acids is 1. The maximum atomic E-state index is 11.8. The number of guanidine groups is 1. The molecule has 0 amide bonds. The van der Waals surface area contributed by atoms with Crippen molar-refractivity contribution in [3.8, 4) is 0 Å². The second kappa shape index (κ2) is 7.77. The summed E-state index contributed by atoms with van der Waals surface area (Å²) >= 11 is 0. The van der Waals surface area contributed by atoms with Crippen LogP contribution in [0.25, 0.3) is 0 Å². The normalized spacial score (nSPS) is 16.7. The highest BCUT2D eigenvalue weighted by atomic mass is 16.5. The largest absolute Gasteiger partial charge is 0.466 e. The predicted octanol–water partition coefficient (Wildman–Crippen LogP) is 0.166. The van der Waals surface area contributed by atoms with Crippen molar-refractivity contribution >= 4 is 11.9 Å². The second-order valence-corrected chi connectivity index (χ2v) is 5.27. The Hall–Kier alpha value is -2.12. The fraction of sp³-hybridized carbons (Fsp3) is 0.714. The SMILES string of the molecule is CCOC(=O)C1CCN(C(=NC)NCc2nncn2C)CC1. The summed E-state index contributed by atoms with van der Waals surface area (Å²) in [4.78, 5) is 18.2. The second-order valence-electron chi connectivity index (χ2n) is 5.27. The van der Waals surface area contributed by atoms with Crippen LogP contribution in [0.3, 0.4) is 0 Å². The van der Waals surface area contributed by atoms with Gasteiger partial charge in [-0.3, -0.25) is 9.79 Å². The summed E-state index contributed by atoms with van der Waals surface area (Å²) in [6.07, 6.45) is 3.26. The van der Waals surface area contributed by atoms with Crippen LogP contribution in [0.4, 0.5) is 0 Å². The standard InChI is InChI=1S/C14H24N6O2/c1-4-22-13(21)11-5-7-20(8-6-11)14(15-2)16-9-12-18-17-10-19(12)3/h10-11H,4-9H2,1-3H3,(H,15,16). The van der Waals surface area contributed by atoms with E-state index in [0.29, 0.717) is 13.2 Å². The van der Waals surface area contributed by atoms with Gasteiger partial charge >= 0.3 is 5.97 Å². The van der Waals surface area contributed by atoms with Crippen LogP contribution in [-0.2, 0) is 23.1 Å². The molecule has 0 aliphatic carbocycles. The van der Waals surface area contributed by atoms with Crippen LogP contribution in [0.2, 0.25) is 0 Å². The lowest BCUT2D eigenvalue weighted by Crippen LogP contribution is -2.46. The highest BCUT2D eigenvalue weighted by Gasteiger charge is 2.27. The van der Waals surface area contributed by atoms with Crippen molar-refractivity contribution in [3.63, 3.8) is 0 Å². The molecule has 2 rings (SSSR count). The molecular formula is C14H24N6O2. The predicted molar refractivity (Wildman–Crippen MR) is 82.1 cm³/mol. The molecule has 0 radical (unpaired) electrons. The van der Waals surface area contributed by atoms with Gasteiger partial charge in [-0.25, -0.2) is 0 Å². The number of likely N-dealkylation sites (tertiary alicyclic amines) is 1. The number of piperidine rings is 1. The van der Waals surface area contributed by atoms with Gasteiger partial charge in [-0.2, -0.15) is 0 Å². The molecule has 0 spiro atoms. The summed E-state index contributed by atoms with van der Waals surface area (Å²) in [7, 11) is 3.67. The van der Waals surface area contributed by atoms with Crippen LogP contribution < -0.4 is 5.32 Å². The zero-order valence-electron chi connectivity index (χ0n) is 13.4. The Bertz CT molecular complexity index is 519. The average molecular weight is 308 g/mol. The number of aliphatic imine (C=N–C) groups is 1. The number of esters is 1. The van der Waals surface area contributed by atoms with E-state index in [9.17, 15) is 4.79 Å². The fourth-order valence-corrected chi connectivity index (χ4v) is 2.54. The van der Waals surface area contributed by atoms with E-state index in [4.69, 9.17) is 4.74 Å². The third kappa shape index (κ3) is 3.96. The molecule has 0 atom stereocenters. The van der Waals surface area contributed by atoms with Crippen LogP contribution in [0, 0.1) is 5.92 Å². The highest BCUT2D eigenvalue weighted by molar-refractivity contribution is 5.80. The zero-order valence-corrected chi connectivity index (χ0v) is 13.4. The first-order valence-electron chi connectivity index (χ1n) is 7.60. The summed E-state index contributed by atoms with van der Waals surface area (Å²) in [5.41, 5.74) is 0. The Balaban J connectivity index is 1.83. The molecule has 22 heavy (non-hydrogen) atoms. The van der Waals surface area contributed by atoms with E-state index in [1.165, 1.54) is 0 Å². The van der Waals surface area contributed by atoms with E-state index in [-0.39, 0.29) is 11.9 Å². The van der Waals surface area contributed by atoms with E-state index in [0.717, 1.165) is 37.7 Å². The van der Waals surface area contributed by atoms with E-state index < -0.39 is 0 Å². The lowest BCUT2D eigenvalue weighted by atomic mass is 9.97. The molecule has 1 aromatic rings.